The Labute approximate surface area is 228 Å². The zero-order valence-electron chi connectivity index (χ0n) is 22.9. The summed E-state index contributed by atoms with van der Waals surface area (Å²) in [6, 6.07) is 9.14. The highest BCUT2D eigenvalue weighted by Gasteiger charge is 2.37. The van der Waals surface area contributed by atoms with Crippen molar-refractivity contribution in [2.45, 2.75) is 78.2 Å². The van der Waals surface area contributed by atoms with Crippen molar-refractivity contribution in [1.29, 1.82) is 0 Å². The molecule has 0 saturated carbocycles. The smallest absolute Gasteiger partial charge is 0.258 e. The Morgan fingerprint density at radius 1 is 1.13 bits per heavy atom. The molecule has 2 saturated heterocycles. The largest absolute Gasteiger partial charge is 0.376 e. The van der Waals surface area contributed by atoms with Gasteiger partial charge in [0.1, 0.15) is 17.7 Å². The molecule has 10 heteroatoms. The molecule has 2 aliphatic heterocycles. The number of fused-ring (bicyclic) bond motifs is 3. The van der Waals surface area contributed by atoms with E-state index in [0.717, 1.165) is 66.9 Å². The second-order valence-corrected chi connectivity index (χ2v) is 11.7. The Morgan fingerprint density at radius 2 is 1.97 bits per heavy atom. The van der Waals surface area contributed by atoms with E-state index in [1.807, 2.05) is 10.5 Å². The van der Waals surface area contributed by atoms with Gasteiger partial charge in [-0.05, 0) is 57.2 Å². The topological polar surface area (TPSA) is 76.6 Å². The molecule has 6 rings (SSSR count). The van der Waals surface area contributed by atoms with E-state index in [1.165, 1.54) is 5.56 Å². The van der Waals surface area contributed by atoms with E-state index in [0.29, 0.717) is 17.7 Å². The van der Waals surface area contributed by atoms with Gasteiger partial charge in [-0.1, -0.05) is 37.6 Å². The number of rotatable bonds is 6. The fourth-order valence-corrected chi connectivity index (χ4v) is 6.65. The number of hydrogen-bond acceptors (Lipinski definition) is 7. The van der Waals surface area contributed by atoms with Gasteiger partial charge in [0.05, 0.1) is 12.6 Å². The first-order chi connectivity index (χ1) is 18.3. The molecular formula is C28H37ClN8O. The second-order valence-electron chi connectivity index (χ2n) is 11.3. The van der Waals surface area contributed by atoms with Crippen LogP contribution in [0.25, 0.3) is 16.9 Å². The number of ether oxygens (including phenoxy) is 1. The number of aryl methyl sites for hydroxylation is 1. The lowest BCUT2D eigenvalue weighted by Crippen LogP contribution is -2.58. The number of nitrogens with zero attached hydrogens (tertiary/aromatic N) is 8. The van der Waals surface area contributed by atoms with Crippen LogP contribution in [0.1, 0.15) is 58.0 Å². The van der Waals surface area contributed by atoms with E-state index < -0.39 is 0 Å². The van der Waals surface area contributed by atoms with Gasteiger partial charge in [0.25, 0.3) is 5.78 Å². The highest BCUT2D eigenvalue weighted by molar-refractivity contribution is 6.30. The molecule has 38 heavy (non-hydrogen) atoms. The van der Waals surface area contributed by atoms with Gasteiger partial charge >= 0.3 is 0 Å². The lowest BCUT2D eigenvalue weighted by Gasteiger charge is -2.49. The third-order valence-corrected chi connectivity index (χ3v) is 8.44. The summed E-state index contributed by atoms with van der Waals surface area (Å²) in [5.41, 5.74) is 3.16. The van der Waals surface area contributed by atoms with Gasteiger partial charge in [-0.2, -0.15) is 4.98 Å². The molecule has 3 aromatic heterocycles. The van der Waals surface area contributed by atoms with Crippen molar-refractivity contribution >= 4 is 34.4 Å². The number of anilines is 1. The molecule has 0 bridgehead atoms. The number of hydrogen-bond donors (Lipinski definition) is 0. The molecule has 202 valence electrons. The maximum absolute atomic E-state index is 6.40. The van der Waals surface area contributed by atoms with Crippen molar-refractivity contribution in [1.82, 2.24) is 34.0 Å². The molecule has 2 aliphatic rings. The normalized spacial score (nSPS) is 23.8. The summed E-state index contributed by atoms with van der Waals surface area (Å²) in [5, 5.41) is 9.32. The van der Waals surface area contributed by atoms with Crippen LogP contribution in [0.3, 0.4) is 0 Å². The van der Waals surface area contributed by atoms with E-state index in [9.17, 15) is 0 Å². The molecular weight excluding hydrogens is 500 g/mol. The van der Waals surface area contributed by atoms with Crippen LogP contribution in [-0.4, -0.2) is 71.9 Å². The maximum Gasteiger partial charge on any atom is 0.258 e. The lowest BCUT2D eigenvalue weighted by molar-refractivity contribution is 0.0822. The predicted molar refractivity (Wildman–Crippen MR) is 150 cm³/mol. The number of piperazine rings is 1. The van der Waals surface area contributed by atoms with Crippen molar-refractivity contribution in [2.75, 3.05) is 24.6 Å². The molecule has 0 N–H and O–H groups in total. The summed E-state index contributed by atoms with van der Waals surface area (Å²) in [6.45, 7) is 14.6. The van der Waals surface area contributed by atoms with Crippen molar-refractivity contribution in [3.8, 4) is 0 Å². The molecule has 2 fully saturated rings. The average Bonchev–Trinajstić information content (AvgIpc) is 3.62. The van der Waals surface area contributed by atoms with E-state index >= 15 is 0 Å². The lowest BCUT2D eigenvalue weighted by atomic mass is 9.91. The van der Waals surface area contributed by atoms with Crippen LogP contribution in [0.5, 0.6) is 0 Å². The molecule has 0 aliphatic carbocycles. The van der Waals surface area contributed by atoms with Gasteiger partial charge in [-0.3, -0.25) is 4.90 Å². The molecule has 1 unspecified atom stereocenters. The summed E-state index contributed by atoms with van der Waals surface area (Å²) >= 11 is 6.40. The number of halogens is 1. The monoisotopic (exact) mass is 536 g/mol. The first-order valence-electron chi connectivity index (χ1n) is 13.8. The molecule has 0 amide bonds. The highest BCUT2D eigenvalue weighted by Crippen LogP contribution is 2.37. The first kappa shape index (κ1) is 25.5. The van der Waals surface area contributed by atoms with Crippen molar-refractivity contribution in [3.05, 3.63) is 47.0 Å². The fraction of sp³-hybridized carbons (Fsp3) is 0.571. The summed E-state index contributed by atoms with van der Waals surface area (Å²) < 4.78 is 10.2. The predicted octanol–water partition coefficient (Wildman–Crippen LogP) is 4.91. The molecule has 5 heterocycles. The number of benzene rings is 1. The summed E-state index contributed by atoms with van der Waals surface area (Å²) in [7, 11) is 0. The van der Waals surface area contributed by atoms with E-state index in [-0.39, 0.29) is 18.2 Å². The second kappa shape index (κ2) is 10.1. The quantitative estimate of drug-likeness (QED) is 0.346. The molecule has 9 nitrogen and oxygen atoms in total. The third kappa shape index (κ3) is 4.44. The molecule has 0 radical (unpaired) electrons. The maximum atomic E-state index is 6.40. The number of imidazole rings is 1. The van der Waals surface area contributed by atoms with Gasteiger partial charge in [0.2, 0.25) is 0 Å². The SMILES string of the molecule is Cc1nc2c(N3C[C@@H](C)N(C(c4cccc(Cl)c4)C(C)C)C[C@@H]3C)nc3nncn3c2n1C[C@@H]1CCCO1. The fourth-order valence-electron chi connectivity index (χ4n) is 6.45. The Balaban J connectivity index is 1.37. The van der Waals surface area contributed by atoms with Crippen LogP contribution in [-0.2, 0) is 11.3 Å². The van der Waals surface area contributed by atoms with Gasteiger partial charge in [-0.15, -0.1) is 10.2 Å². The van der Waals surface area contributed by atoms with Gasteiger partial charge in [0, 0.05) is 42.8 Å². The van der Waals surface area contributed by atoms with E-state index in [4.69, 9.17) is 26.3 Å². The van der Waals surface area contributed by atoms with Crippen LogP contribution in [0.15, 0.2) is 30.6 Å². The summed E-state index contributed by atoms with van der Waals surface area (Å²) in [5.74, 6) is 2.89. The van der Waals surface area contributed by atoms with Gasteiger partial charge in [-0.25, -0.2) is 9.38 Å². The van der Waals surface area contributed by atoms with Crippen LogP contribution >= 0.6 is 11.6 Å². The highest BCUT2D eigenvalue weighted by atomic mass is 35.5. The summed E-state index contributed by atoms with van der Waals surface area (Å²) in [4.78, 5) is 15.1. The van der Waals surface area contributed by atoms with Crippen LogP contribution in [0.2, 0.25) is 5.02 Å². The Bertz CT molecular complexity index is 1440. The molecule has 4 aromatic rings. The Kier molecular flexibility index (Phi) is 6.78. The minimum Gasteiger partial charge on any atom is -0.376 e. The average molecular weight is 537 g/mol. The standard InChI is InChI=1S/C28H37ClN8O/c1-17(2)25(21-8-6-9-22(29)12-21)34-13-19(4)35(14-18(34)3)26-24-27(37-16-30-33-28(37)32-26)36(20(5)31-24)15-23-10-7-11-38-23/h6,8-9,12,16-19,23,25H,7,10-11,13-15H2,1-5H3/t18-,19+,23+,25?/m1/s1. The molecule has 1 aromatic carbocycles. The Hall–Kier alpha value is -2.75. The molecule has 4 atom stereocenters. The zero-order chi connectivity index (χ0) is 26.6. The van der Waals surface area contributed by atoms with E-state index in [2.05, 4.69) is 77.4 Å². The summed E-state index contributed by atoms with van der Waals surface area (Å²) in [6.07, 6.45) is 4.13. The van der Waals surface area contributed by atoms with E-state index in [1.54, 1.807) is 6.33 Å². The number of aromatic nitrogens is 6. The van der Waals surface area contributed by atoms with Crippen LogP contribution in [0, 0.1) is 12.8 Å². The first-order valence-corrected chi connectivity index (χ1v) is 14.2. The molecule has 0 spiro atoms. The van der Waals surface area contributed by atoms with Crippen molar-refractivity contribution in [2.24, 2.45) is 5.92 Å². The van der Waals surface area contributed by atoms with Crippen LogP contribution in [0.4, 0.5) is 5.82 Å². The third-order valence-electron chi connectivity index (χ3n) is 8.20. The minimum atomic E-state index is 0.205. The van der Waals surface area contributed by atoms with Gasteiger partial charge < -0.3 is 14.2 Å². The zero-order valence-corrected chi connectivity index (χ0v) is 23.6. The van der Waals surface area contributed by atoms with Crippen molar-refractivity contribution < 1.29 is 4.74 Å². The van der Waals surface area contributed by atoms with Crippen molar-refractivity contribution in [3.63, 3.8) is 0 Å². The Morgan fingerprint density at radius 3 is 2.71 bits per heavy atom. The van der Waals surface area contributed by atoms with Crippen LogP contribution < -0.4 is 4.90 Å². The van der Waals surface area contributed by atoms with Gasteiger partial charge in [0.15, 0.2) is 11.5 Å². The minimum absolute atomic E-state index is 0.205.